The van der Waals surface area contributed by atoms with Gasteiger partial charge in [0.15, 0.2) is 0 Å². The number of carbonyl (C=O) groups is 1. The third-order valence-electron chi connectivity index (χ3n) is 2.84. The third-order valence-corrected chi connectivity index (χ3v) is 4.29. The van der Waals surface area contributed by atoms with Gasteiger partial charge in [0.05, 0.1) is 12.0 Å². The minimum Gasteiger partial charge on any atom is -0.493 e. The Kier molecular flexibility index (Phi) is 3.33. The van der Waals surface area contributed by atoms with E-state index in [0.29, 0.717) is 5.75 Å². The van der Waals surface area contributed by atoms with Gasteiger partial charge in [-0.3, -0.25) is 4.79 Å². The molecule has 0 radical (unpaired) electrons. The van der Waals surface area contributed by atoms with Crippen molar-refractivity contribution in [2.24, 2.45) is 5.41 Å². The molecule has 0 aliphatic carbocycles. The lowest BCUT2D eigenvalue weighted by Gasteiger charge is -2.18. The SMILES string of the molecule is CC(C)(CSc1ccc2c(c1)CCO2)C(=O)O. The zero-order chi connectivity index (χ0) is 12.5. The van der Waals surface area contributed by atoms with Crippen LogP contribution in [0.15, 0.2) is 23.1 Å². The first-order chi connectivity index (χ1) is 7.99. The van der Waals surface area contributed by atoms with Gasteiger partial charge in [0, 0.05) is 17.1 Å². The second-order valence-electron chi connectivity index (χ2n) is 4.85. The van der Waals surface area contributed by atoms with Crippen molar-refractivity contribution in [3.05, 3.63) is 23.8 Å². The molecule has 0 bridgehead atoms. The number of aliphatic carboxylic acids is 1. The van der Waals surface area contributed by atoms with Crippen LogP contribution in [0.5, 0.6) is 5.75 Å². The van der Waals surface area contributed by atoms with E-state index in [1.54, 1.807) is 25.6 Å². The van der Waals surface area contributed by atoms with Gasteiger partial charge in [0.2, 0.25) is 0 Å². The monoisotopic (exact) mass is 252 g/mol. The molecular formula is C13H16O3S. The van der Waals surface area contributed by atoms with Gasteiger partial charge in [0.25, 0.3) is 0 Å². The van der Waals surface area contributed by atoms with E-state index in [0.717, 1.165) is 23.7 Å². The van der Waals surface area contributed by atoms with Crippen LogP contribution in [0.25, 0.3) is 0 Å². The predicted octanol–water partition coefficient (Wildman–Crippen LogP) is 2.82. The molecule has 0 saturated heterocycles. The molecule has 1 aliphatic heterocycles. The highest BCUT2D eigenvalue weighted by Crippen LogP contribution is 2.33. The highest BCUT2D eigenvalue weighted by atomic mass is 32.2. The summed E-state index contributed by atoms with van der Waals surface area (Å²) in [5, 5.41) is 9.04. The third kappa shape index (κ3) is 2.75. The van der Waals surface area contributed by atoms with E-state index < -0.39 is 11.4 Å². The van der Waals surface area contributed by atoms with E-state index in [-0.39, 0.29) is 0 Å². The fraction of sp³-hybridized carbons (Fsp3) is 0.462. The number of hydrogen-bond donors (Lipinski definition) is 1. The number of ether oxygens (including phenoxy) is 1. The fourth-order valence-electron chi connectivity index (χ4n) is 1.58. The molecule has 1 N–H and O–H groups in total. The second kappa shape index (κ2) is 4.61. The van der Waals surface area contributed by atoms with E-state index in [1.165, 1.54) is 5.56 Å². The maximum Gasteiger partial charge on any atom is 0.309 e. The minimum atomic E-state index is -0.755. The lowest BCUT2D eigenvalue weighted by Crippen LogP contribution is -2.26. The summed E-state index contributed by atoms with van der Waals surface area (Å²) in [6.07, 6.45) is 0.950. The number of carboxylic acids is 1. The van der Waals surface area contributed by atoms with Gasteiger partial charge >= 0.3 is 5.97 Å². The lowest BCUT2D eigenvalue weighted by molar-refractivity contribution is -0.145. The summed E-state index contributed by atoms with van der Waals surface area (Å²) in [5.74, 6) is 0.781. The summed E-state index contributed by atoms with van der Waals surface area (Å²) in [5.41, 5.74) is 0.531. The Morgan fingerprint density at radius 3 is 3.00 bits per heavy atom. The number of fused-ring (bicyclic) bond motifs is 1. The molecule has 0 unspecified atom stereocenters. The summed E-state index contributed by atoms with van der Waals surface area (Å²) >= 11 is 1.59. The Labute approximate surface area is 105 Å². The molecule has 2 rings (SSSR count). The van der Waals surface area contributed by atoms with Crippen molar-refractivity contribution in [2.45, 2.75) is 25.2 Å². The van der Waals surface area contributed by atoms with Gasteiger partial charge in [-0.05, 0) is 37.6 Å². The Morgan fingerprint density at radius 1 is 1.53 bits per heavy atom. The average Bonchev–Trinajstić information content (AvgIpc) is 2.73. The summed E-state index contributed by atoms with van der Waals surface area (Å²) in [6, 6.07) is 6.07. The zero-order valence-corrected chi connectivity index (χ0v) is 10.8. The van der Waals surface area contributed by atoms with Crippen LogP contribution in [0.2, 0.25) is 0 Å². The number of benzene rings is 1. The van der Waals surface area contributed by atoms with Gasteiger partial charge in [-0.25, -0.2) is 0 Å². The van der Waals surface area contributed by atoms with Crippen LogP contribution in [0.4, 0.5) is 0 Å². The summed E-state index contributed by atoms with van der Waals surface area (Å²) in [4.78, 5) is 12.1. The highest BCUT2D eigenvalue weighted by Gasteiger charge is 2.27. The van der Waals surface area contributed by atoms with Crippen molar-refractivity contribution < 1.29 is 14.6 Å². The first-order valence-electron chi connectivity index (χ1n) is 5.61. The highest BCUT2D eigenvalue weighted by molar-refractivity contribution is 7.99. The van der Waals surface area contributed by atoms with Crippen molar-refractivity contribution in [3.8, 4) is 5.75 Å². The maximum absolute atomic E-state index is 11.0. The van der Waals surface area contributed by atoms with Crippen molar-refractivity contribution in [3.63, 3.8) is 0 Å². The van der Waals surface area contributed by atoms with Gasteiger partial charge in [-0.15, -0.1) is 11.8 Å². The molecule has 0 saturated carbocycles. The number of hydrogen-bond acceptors (Lipinski definition) is 3. The van der Waals surface area contributed by atoms with Crippen molar-refractivity contribution in [1.82, 2.24) is 0 Å². The van der Waals surface area contributed by atoms with Crippen LogP contribution < -0.4 is 4.74 Å². The molecule has 1 aromatic rings. The van der Waals surface area contributed by atoms with Crippen LogP contribution in [-0.2, 0) is 11.2 Å². The van der Waals surface area contributed by atoms with Crippen molar-refractivity contribution >= 4 is 17.7 Å². The lowest BCUT2D eigenvalue weighted by atomic mass is 9.97. The van der Waals surface area contributed by atoms with Crippen molar-refractivity contribution in [2.75, 3.05) is 12.4 Å². The Bertz CT molecular complexity index is 440. The Morgan fingerprint density at radius 2 is 2.29 bits per heavy atom. The predicted molar refractivity (Wildman–Crippen MR) is 67.8 cm³/mol. The largest absolute Gasteiger partial charge is 0.493 e. The molecule has 4 heteroatoms. The Hall–Kier alpha value is -1.16. The van der Waals surface area contributed by atoms with Crippen LogP contribution in [0, 0.1) is 5.41 Å². The summed E-state index contributed by atoms with van der Waals surface area (Å²) in [7, 11) is 0. The summed E-state index contributed by atoms with van der Waals surface area (Å²) < 4.78 is 5.43. The topological polar surface area (TPSA) is 46.5 Å². The number of rotatable bonds is 4. The zero-order valence-electron chi connectivity index (χ0n) is 10.0. The molecule has 17 heavy (non-hydrogen) atoms. The molecule has 1 heterocycles. The second-order valence-corrected chi connectivity index (χ2v) is 5.89. The van der Waals surface area contributed by atoms with E-state index in [9.17, 15) is 4.79 Å². The quantitative estimate of drug-likeness (QED) is 0.837. The molecule has 0 spiro atoms. The van der Waals surface area contributed by atoms with Gasteiger partial charge in [0.1, 0.15) is 5.75 Å². The normalized spacial score (nSPS) is 14.2. The minimum absolute atomic E-state index is 0.571. The fourth-order valence-corrected chi connectivity index (χ4v) is 2.62. The maximum atomic E-state index is 11.0. The van der Waals surface area contributed by atoms with Gasteiger partial charge < -0.3 is 9.84 Å². The molecule has 0 fully saturated rings. The van der Waals surface area contributed by atoms with E-state index in [2.05, 4.69) is 6.07 Å². The molecule has 0 atom stereocenters. The molecule has 0 aromatic heterocycles. The van der Waals surface area contributed by atoms with Crippen LogP contribution in [0.1, 0.15) is 19.4 Å². The van der Waals surface area contributed by atoms with E-state index >= 15 is 0 Å². The van der Waals surface area contributed by atoms with Gasteiger partial charge in [-0.1, -0.05) is 0 Å². The van der Waals surface area contributed by atoms with E-state index in [1.807, 2.05) is 12.1 Å². The Balaban J connectivity index is 2.03. The molecule has 3 nitrogen and oxygen atoms in total. The average molecular weight is 252 g/mol. The smallest absolute Gasteiger partial charge is 0.309 e. The molecule has 1 aromatic carbocycles. The van der Waals surface area contributed by atoms with Crippen LogP contribution in [-0.4, -0.2) is 23.4 Å². The number of carboxylic acid groups (broad SMARTS) is 1. The van der Waals surface area contributed by atoms with Gasteiger partial charge in [-0.2, -0.15) is 0 Å². The molecule has 0 amide bonds. The van der Waals surface area contributed by atoms with E-state index in [4.69, 9.17) is 9.84 Å². The molecular weight excluding hydrogens is 236 g/mol. The standard InChI is InChI=1S/C13H16O3S/c1-13(2,12(14)15)8-17-10-3-4-11-9(7-10)5-6-16-11/h3-4,7H,5-6,8H2,1-2H3,(H,14,15). The number of thioether (sulfide) groups is 1. The first-order valence-corrected chi connectivity index (χ1v) is 6.59. The first kappa shape index (κ1) is 12.3. The summed E-state index contributed by atoms with van der Waals surface area (Å²) in [6.45, 7) is 4.25. The van der Waals surface area contributed by atoms with Crippen LogP contribution >= 0.6 is 11.8 Å². The molecule has 1 aliphatic rings. The molecule has 92 valence electrons. The van der Waals surface area contributed by atoms with Crippen molar-refractivity contribution in [1.29, 1.82) is 0 Å². The van der Waals surface area contributed by atoms with Crippen LogP contribution in [0.3, 0.4) is 0 Å².